The monoisotopic (exact) mass is 231 g/mol. The molecule has 0 bridgehead atoms. The maximum absolute atomic E-state index is 5.93. The van der Waals surface area contributed by atoms with Gasteiger partial charge in [0, 0.05) is 11.8 Å². The predicted octanol–water partition coefficient (Wildman–Crippen LogP) is 2.26. The molecular formula is C13H17N3O. The Morgan fingerprint density at radius 2 is 2.35 bits per heavy atom. The molecule has 4 nitrogen and oxygen atoms in total. The SMILES string of the molecule is CCNC(c1ccco1)c1cc(C)cnc1N. The molecule has 0 saturated carbocycles. The fourth-order valence-electron chi connectivity index (χ4n) is 1.86. The van der Waals surface area contributed by atoms with E-state index in [-0.39, 0.29) is 6.04 Å². The van der Waals surface area contributed by atoms with Crippen molar-refractivity contribution in [2.75, 3.05) is 12.3 Å². The minimum Gasteiger partial charge on any atom is -0.467 e. The number of hydrogen-bond acceptors (Lipinski definition) is 4. The Morgan fingerprint density at radius 1 is 1.53 bits per heavy atom. The number of hydrogen-bond donors (Lipinski definition) is 2. The number of furan rings is 1. The molecule has 17 heavy (non-hydrogen) atoms. The van der Waals surface area contributed by atoms with Crippen LogP contribution in [0.5, 0.6) is 0 Å². The minimum atomic E-state index is -0.0394. The molecule has 3 N–H and O–H groups in total. The Hall–Kier alpha value is -1.81. The summed E-state index contributed by atoms with van der Waals surface area (Å²) in [5.74, 6) is 1.39. The first kappa shape index (κ1) is 11.7. The van der Waals surface area contributed by atoms with Crippen LogP contribution in [0.3, 0.4) is 0 Å². The van der Waals surface area contributed by atoms with Crippen LogP contribution in [-0.4, -0.2) is 11.5 Å². The van der Waals surface area contributed by atoms with Gasteiger partial charge in [-0.1, -0.05) is 6.92 Å². The minimum absolute atomic E-state index is 0.0394. The quantitative estimate of drug-likeness (QED) is 0.847. The van der Waals surface area contributed by atoms with Crippen LogP contribution in [0, 0.1) is 6.92 Å². The van der Waals surface area contributed by atoms with Gasteiger partial charge in [0.1, 0.15) is 11.6 Å². The molecule has 0 amide bonds. The molecule has 2 heterocycles. The molecule has 0 aliphatic rings. The summed E-state index contributed by atoms with van der Waals surface area (Å²) >= 11 is 0. The van der Waals surface area contributed by atoms with Crippen molar-refractivity contribution >= 4 is 5.82 Å². The maximum atomic E-state index is 5.93. The first-order valence-corrected chi connectivity index (χ1v) is 5.71. The summed E-state index contributed by atoms with van der Waals surface area (Å²) < 4.78 is 5.45. The molecule has 0 aliphatic heterocycles. The van der Waals surface area contributed by atoms with Crippen molar-refractivity contribution in [1.82, 2.24) is 10.3 Å². The standard InChI is InChI=1S/C13H17N3O/c1-3-15-12(11-5-4-6-17-11)10-7-9(2)8-16-13(10)14/h4-8,12,15H,3H2,1-2H3,(H2,14,16). The van der Waals surface area contributed by atoms with Gasteiger partial charge < -0.3 is 15.5 Å². The van der Waals surface area contributed by atoms with Gasteiger partial charge in [-0.3, -0.25) is 0 Å². The largest absolute Gasteiger partial charge is 0.467 e. The number of nitrogens with one attached hydrogen (secondary N) is 1. The van der Waals surface area contributed by atoms with Gasteiger partial charge in [-0.2, -0.15) is 0 Å². The topological polar surface area (TPSA) is 64.1 Å². The summed E-state index contributed by atoms with van der Waals surface area (Å²) in [6.07, 6.45) is 3.43. The van der Waals surface area contributed by atoms with Crippen LogP contribution in [0.4, 0.5) is 5.82 Å². The van der Waals surface area contributed by atoms with Gasteiger partial charge in [-0.15, -0.1) is 0 Å². The van der Waals surface area contributed by atoms with Crippen LogP contribution in [0.2, 0.25) is 0 Å². The molecule has 4 heteroatoms. The van der Waals surface area contributed by atoms with Crippen LogP contribution in [-0.2, 0) is 0 Å². The van der Waals surface area contributed by atoms with Gasteiger partial charge >= 0.3 is 0 Å². The van der Waals surface area contributed by atoms with Crippen LogP contribution < -0.4 is 11.1 Å². The number of pyridine rings is 1. The van der Waals surface area contributed by atoms with Gasteiger partial charge in [0.05, 0.1) is 12.3 Å². The molecular weight excluding hydrogens is 214 g/mol. The Morgan fingerprint density at radius 3 is 3.00 bits per heavy atom. The third kappa shape index (κ3) is 2.47. The molecule has 0 fully saturated rings. The van der Waals surface area contributed by atoms with Crippen molar-refractivity contribution in [2.24, 2.45) is 0 Å². The highest BCUT2D eigenvalue weighted by atomic mass is 16.3. The zero-order chi connectivity index (χ0) is 12.3. The van der Waals surface area contributed by atoms with Gasteiger partial charge in [-0.25, -0.2) is 4.98 Å². The number of anilines is 1. The van der Waals surface area contributed by atoms with Crippen molar-refractivity contribution in [3.8, 4) is 0 Å². The lowest BCUT2D eigenvalue weighted by Gasteiger charge is -2.17. The summed E-state index contributed by atoms with van der Waals surface area (Å²) in [5.41, 5.74) is 7.98. The van der Waals surface area contributed by atoms with Crippen LogP contribution >= 0.6 is 0 Å². The fourth-order valence-corrected chi connectivity index (χ4v) is 1.86. The molecule has 1 unspecified atom stereocenters. The van der Waals surface area contributed by atoms with Crippen molar-refractivity contribution < 1.29 is 4.42 Å². The van der Waals surface area contributed by atoms with E-state index in [1.165, 1.54) is 0 Å². The molecule has 0 saturated heterocycles. The molecule has 2 rings (SSSR count). The second-order valence-electron chi connectivity index (χ2n) is 3.99. The predicted molar refractivity (Wildman–Crippen MR) is 67.6 cm³/mol. The summed E-state index contributed by atoms with van der Waals surface area (Å²) in [6, 6.07) is 5.81. The molecule has 0 aliphatic carbocycles. The lowest BCUT2D eigenvalue weighted by atomic mass is 10.0. The number of nitrogens with two attached hydrogens (primary N) is 1. The number of aryl methyl sites for hydroxylation is 1. The zero-order valence-corrected chi connectivity index (χ0v) is 10.1. The van der Waals surface area contributed by atoms with Crippen molar-refractivity contribution in [1.29, 1.82) is 0 Å². The molecule has 2 aromatic heterocycles. The smallest absolute Gasteiger partial charge is 0.128 e. The highest BCUT2D eigenvalue weighted by Gasteiger charge is 2.18. The summed E-state index contributed by atoms with van der Waals surface area (Å²) in [5, 5.41) is 3.36. The maximum Gasteiger partial charge on any atom is 0.128 e. The van der Waals surface area contributed by atoms with E-state index in [1.807, 2.05) is 25.1 Å². The normalized spacial score (nSPS) is 12.6. The molecule has 0 spiro atoms. The molecule has 0 aromatic carbocycles. The van der Waals surface area contributed by atoms with E-state index in [9.17, 15) is 0 Å². The average Bonchev–Trinajstić information content (AvgIpc) is 2.83. The van der Waals surface area contributed by atoms with Crippen LogP contribution in [0.15, 0.2) is 35.1 Å². The Labute approximate surface area is 101 Å². The van der Waals surface area contributed by atoms with E-state index in [4.69, 9.17) is 10.2 Å². The van der Waals surface area contributed by atoms with Crippen molar-refractivity contribution in [2.45, 2.75) is 19.9 Å². The Balaban J connectivity index is 2.42. The highest BCUT2D eigenvalue weighted by Crippen LogP contribution is 2.26. The summed E-state index contributed by atoms with van der Waals surface area (Å²) in [4.78, 5) is 4.19. The van der Waals surface area contributed by atoms with Crippen LogP contribution in [0.25, 0.3) is 0 Å². The highest BCUT2D eigenvalue weighted by molar-refractivity contribution is 5.45. The zero-order valence-electron chi connectivity index (χ0n) is 10.1. The van der Waals surface area contributed by atoms with Crippen LogP contribution in [0.1, 0.15) is 29.9 Å². The lowest BCUT2D eigenvalue weighted by Crippen LogP contribution is -2.23. The van der Waals surface area contributed by atoms with Crippen molar-refractivity contribution in [3.63, 3.8) is 0 Å². The second-order valence-corrected chi connectivity index (χ2v) is 3.99. The van der Waals surface area contributed by atoms with E-state index in [1.54, 1.807) is 12.5 Å². The number of nitrogens with zero attached hydrogens (tertiary/aromatic N) is 1. The number of nitrogen functional groups attached to an aromatic ring is 1. The molecule has 2 aromatic rings. The number of rotatable bonds is 4. The van der Waals surface area contributed by atoms with E-state index in [2.05, 4.69) is 17.2 Å². The third-order valence-corrected chi connectivity index (χ3v) is 2.63. The van der Waals surface area contributed by atoms with E-state index in [0.717, 1.165) is 23.4 Å². The third-order valence-electron chi connectivity index (χ3n) is 2.63. The van der Waals surface area contributed by atoms with Gasteiger partial charge in [0.25, 0.3) is 0 Å². The Bertz CT molecular complexity index is 479. The second kappa shape index (κ2) is 5.01. The van der Waals surface area contributed by atoms with Gasteiger partial charge in [0.15, 0.2) is 0 Å². The lowest BCUT2D eigenvalue weighted by molar-refractivity contribution is 0.452. The van der Waals surface area contributed by atoms with E-state index in [0.29, 0.717) is 5.82 Å². The molecule has 90 valence electrons. The molecule has 0 radical (unpaired) electrons. The van der Waals surface area contributed by atoms with Crippen molar-refractivity contribution in [3.05, 3.63) is 47.5 Å². The summed E-state index contributed by atoms with van der Waals surface area (Å²) in [6.45, 7) is 4.88. The first-order valence-electron chi connectivity index (χ1n) is 5.71. The van der Waals surface area contributed by atoms with Gasteiger partial charge in [-0.05, 0) is 37.2 Å². The summed E-state index contributed by atoms with van der Waals surface area (Å²) in [7, 11) is 0. The first-order chi connectivity index (χ1) is 8.22. The Kier molecular flexibility index (Phi) is 3.44. The fraction of sp³-hybridized carbons (Fsp3) is 0.308. The average molecular weight is 231 g/mol. The van der Waals surface area contributed by atoms with E-state index < -0.39 is 0 Å². The molecule has 1 atom stereocenters. The van der Waals surface area contributed by atoms with Gasteiger partial charge in [0.2, 0.25) is 0 Å². The number of aromatic nitrogens is 1. The van der Waals surface area contributed by atoms with E-state index >= 15 is 0 Å².